The number of hydrogen-bond donors (Lipinski definition) is 2. The first-order valence-corrected chi connectivity index (χ1v) is 7.07. The van der Waals surface area contributed by atoms with Crippen LogP contribution in [0, 0.1) is 25.2 Å². The number of amides is 1. The molecule has 0 radical (unpaired) electrons. The van der Waals surface area contributed by atoms with Crippen molar-refractivity contribution in [1.82, 2.24) is 10.3 Å². The van der Waals surface area contributed by atoms with E-state index in [1.807, 2.05) is 26.0 Å². The minimum atomic E-state index is 0. The monoisotopic (exact) mass is 331 g/mol. The van der Waals surface area contributed by atoms with Crippen molar-refractivity contribution in [3.63, 3.8) is 0 Å². The molecule has 2 heterocycles. The summed E-state index contributed by atoms with van der Waals surface area (Å²) in [5.41, 5.74) is 3.03. The lowest BCUT2D eigenvalue weighted by atomic mass is 9.92. The van der Waals surface area contributed by atoms with Crippen molar-refractivity contribution in [3.8, 4) is 0 Å². The van der Waals surface area contributed by atoms with Crippen LogP contribution in [0.2, 0.25) is 0 Å². The molecule has 4 nitrogen and oxygen atoms in total. The highest BCUT2D eigenvalue weighted by atomic mass is 35.5. The number of halogens is 2. The molecule has 2 fully saturated rings. The van der Waals surface area contributed by atoms with Crippen LogP contribution in [-0.2, 0) is 4.79 Å². The second-order valence-electron chi connectivity index (χ2n) is 5.94. The third kappa shape index (κ3) is 3.68. The number of anilines is 1. The maximum atomic E-state index is 12.3. The summed E-state index contributed by atoms with van der Waals surface area (Å²) >= 11 is 0. The van der Waals surface area contributed by atoms with Crippen molar-refractivity contribution in [1.29, 1.82) is 0 Å². The molecule has 1 aromatic rings. The summed E-state index contributed by atoms with van der Waals surface area (Å²) in [5, 5.41) is 6.41. The summed E-state index contributed by atoms with van der Waals surface area (Å²) in [6.07, 6.45) is 3.32. The quantitative estimate of drug-likeness (QED) is 0.876. The summed E-state index contributed by atoms with van der Waals surface area (Å²) in [5.74, 6) is 0.381. The lowest BCUT2D eigenvalue weighted by molar-refractivity contribution is -0.118. The van der Waals surface area contributed by atoms with Crippen LogP contribution in [0.1, 0.15) is 30.7 Å². The summed E-state index contributed by atoms with van der Waals surface area (Å²) < 4.78 is 0. The Kier molecular flexibility index (Phi) is 6.02. The number of rotatable bonds is 2. The lowest BCUT2D eigenvalue weighted by Crippen LogP contribution is -2.31. The summed E-state index contributed by atoms with van der Waals surface area (Å²) in [6, 6.07) is 3.89. The fourth-order valence-corrected chi connectivity index (χ4v) is 3.23. The molecule has 6 heteroatoms. The molecule has 2 aliphatic rings. The molecule has 118 valence electrons. The number of hydrogen-bond acceptors (Lipinski definition) is 3. The molecule has 0 aromatic carbocycles. The van der Waals surface area contributed by atoms with E-state index < -0.39 is 0 Å². The minimum Gasteiger partial charge on any atom is -0.324 e. The van der Waals surface area contributed by atoms with Crippen molar-refractivity contribution in [2.45, 2.75) is 33.1 Å². The van der Waals surface area contributed by atoms with Gasteiger partial charge in [-0.1, -0.05) is 0 Å². The zero-order valence-corrected chi connectivity index (χ0v) is 14.1. The molecule has 21 heavy (non-hydrogen) atoms. The second-order valence-corrected chi connectivity index (χ2v) is 5.94. The summed E-state index contributed by atoms with van der Waals surface area (Å²) in [7, 11) is 0. The van der Waals surface area contributed by atoms with Crippen molar-refractivity contribution in [2.75, 3.05) is 18.4 Å². The van der Waals surface area contributed by atoms with Gasteiger partial charge < -0.3 is 10.6 Å². The van der Waals surface area contributed by atoms with Gasteiger partial charge in [-0.05, 0) is 63.7 Å². The number of aromatic nitrogens is 1. The number of aryl methyl sites for hydroxylation is 2. The Labute approximate surface area is 138 Å². The molecular weight excluding hydrogens is 309 g/mol. The zero-order chi connectivity index (χ0) is 13.5. The predicted molar refractivity (Wildman–Crippen MR) is 89.5 cm³/mol. The largest absolute Gasteiger partial charge is 0.324 e. The first-order valence-electron chi connectivity index (χ1n) is 7.07. The smallest absolute Gasteiger partial charge is 0.228 e. The topological polar surface area (TPSA) is 54.0 Å². The van der Waals surface area contributed by atoms with E-state index in [-0.39, 0.29) is 36.6 Å². The van der Waals surface area contributed by atoms with Gasteiger partial charge in [0.25, 0.3) is 0 Å². The number of piperidine rings is 1. The first kappa shape index (κ1) is 18.2. The van der Waals surface area contributed by atoms with Crippen LogP contribution in [0.25, 0.3) is 0 Å². The highest BCUT2D eigenvalue weighted by Gasteiger charge is 2.57. The molecule has 1 spiro atoms. The van der Waals surface area contributed by atoms with E-state index in [1.165, 1.54) is 0 Å². The van der Waals surface area contributed by atoms with E-state index in [4.69, 9.17) is 0 Å². The van der Waals surface area contributed by atoms with Crippen molar-refractivity contribution in [2.24, 2.45) is 11.3 Å². The number of nitrogens with one attached hydrogen (secondary N) is 2. The van der Waals surface area contributed by atoms with Crippen LogP contribution in [0.3, 0.4) is 0 Å². The molecule has 1 saturated carbocycles. The molecule has 1 aliphatic heterocycles. The molecule has 1 aromatic heterocycles. The molecule has 0 bridgehead atoms. The third-order valence-electron chi connectivity index (χ3n) is 4.59. The molecule has 1 unspecified atom stereocenters. The Morgan fingerprint density at radius 2 is 1.95 bits per heavy atom. The van der Waals surface area contributed by atoms with Gasteiger partial charge in [0.1, 0.15) is 0 Å². The van der Waals surface area contributed by atoms with Crippen LogP contribution in [0.5, 0.6) is 0 Å². The van der Waals surface area contributed by atoms with Crippen LogP contribution in [-0.4, -0.2) is 24.0 Å². The Bertz CT molecular complexity index is 516. The van der Waals surface area contributed by atoms with Crippen LogP contribution >= 0.6 is 24.8 Å². The maximum Gasteiger partial charge on any atom is 0.228 e. The van der Waals surface area contributed by atoms with Crippen molar-refractivity contribution < 1.29 is 4.79 Å². The molecule has 1 amide bonds. The average molecular weight is 332 g/mol. The van der Waals surface area contributed by atoms with E-state index in [2.05, 4.69) is 15.6 Å². The van der Waals surface area contributed by atoms with Gasteiger partial charge in [0, 0.05) is 11.6 Å². The molecule has 1 aliphatic carbocycles. The van der Waals surface area contributed by atoms with E-state index in [9.17, 15) is 4.79 Å². The number of pyridine rings is 1. The molecule has 2 N–H and O–H groups in total. The third-order valence-corrected chi connectivity index (χ3v) is 4.59. The minimum absolute atomic E-state index is 0. The summed E-state index contributed by atoms with van der Waals surface area (Å²) in [4.78, 5) is 16.7. The van der Waals surface area contributed by atoms with Crippen molar-refractivity contribution >= 4 is 36.4 Å². The molecule has 3 rings (SSSR count). The summed E-state index contributed by atoms with van der Waals surface area (Å²) in [6.45, 7) is 6.00. The maximum absolute atomic E-state index is 12.3. The normalized spacial score (nSPS) is 21.9. The second kappa shape index (κ2) is 6.95. The Balaban J connectivity index is 0.00000110. The van der Waals surface area contributed by atoms with Gasteiger partial charge in [-0.15, -0.1) is 24.8 Å². The first-order chi connectivity index (χ1) is 9.11. The van der Waals surface area contributed by atoms with Gasteiger partial charge >= 0.3 is 0 Å². The van der Waals surface area contributed by atoms with E-state index in [1.54, 1.807) is 0 Å². The highest BCUT2D eigenvalue weighted by Crippen LogP contribution is 2.58. The van der Waals surface area contributed by atoms with Gasteiger partial charge in [0.2, 0.25) is 5.91 Å². The Morgan fingerprint density at radius 1 is 1.29 bits per heavy atom. The Morgan fingerprint density at radius 3 is 2.57 bits per heavy atom. The Hall–Kier alpha value is -0.840. The molecule has 1 saturated heterocycles. The number of carbonyl (C=O) groups is 1. The lowest BCUT2D eigenvalue weighted by Gasteiger charge is -2.23. The van der Waals surface area contributed by atoms with Gasteiger partial charge in [0.05, 0.1) is 11.4 Å². The van der Waals surface area contributed by atoms with E-state index in [0.717, 1.165) is 49.4 Å². The van der Waals surface area contributed by atoms with Crippen LogP contribution < -0.4 is 10.6 Å². The van der Waals surface area contributed by atoms with Gasteiger partial charge in [-0.2, -0.15) is 0 Å². The highest BCUT2D eigenvalue weighted by molar-refractivity contribution is 5.95. The van der Waals surface area contributed by atoms with Gasteiger partial charge in [0.15, 0.2) is 0 Å². The fraction of sp³-hybridized carbons (Fsp3) is 0.600. The van der Waals surface area contributed by atoms with E-state index >= 15 is 0 Å². The number of carbonyl (C=O) groups excluding carboxylic acids is 1. The molecule has 1 atom stereocenters. The van der Waals surface area contributed by atoms with Crippen LogP contribution in [0.4, 0.5) is 5.69 Å². The average Bonchev–Trinajstić information content (AvgIpc) is 3.07. The van der Waals surface area contributed by atoms with Gasteiger partial charge in [-0.3, -0.25) is 9.78 Å². The fourth-order valence-electron chi connectivity index (χ4n) is 3.23. The van der Waals surface area contributed by atoms with E-state index in [0.29, 0.717) is 5.41 Å². The zero-order valence-electron chi connectivity index (χ0n) is 12.4. The predicted octanol–water partition coefficient (Wildman–Crippen LogP) is 2.87. The SMILES string of the molecule is Cc1ccc(NC(=O)C2CC23CCNCC3)c(C)n1.Cl.Cl. The number of nitrogens with zero attached hydrogens (tertiary/aromatic N) is 1. The molecular formula is C15H23Cl2N3O. The van der Waals surface area contributed by atoms with Gasteiger partial charge in [-0.25, -0.2) is 0 Å². The van der Waals surface area contributed by atoms with Crippen LogP contribution in [0.15, 0.2) is 12.1 Å². The van der Waals surface area contributed by atoms with Crippen molar-refractivity contribution in [3.05, 3.63) is 23.5 Å². The standard InChI is InChI=1S/C15H21N3O.2ClH/c1-10-3-4-13(11(2)17-10)18-14(19)12-9-15(12)5-7-16-8-6-15;;/h3-4,12,16H,5-9H2,1-2H3,(H,18,19);2*1H.